The fourth-order valence-electron chi connectivity index (χ4n) is 3.17. The van der Waals surface area contributed by atoms with Crippen LogP contribution < -0.4 is 20.7 Å². The van der Waals surface area contributed by atoms with Gasteiger partial charge in [-0.15, -0.1) is 12.4 Å². The topological polar surface area (TPSA) is 93.9 Å². The van der Waals surface area contributed by atoms with Crippen LogP contribution in [0.2, 0.25) is 0 Å². The molecule has 1 aromatic rings. The van der Waals surface area contributed by atoms with Gasteiger partial charge in [-0.05, 0) is 31.4 Å². The van der Waals surface area contributed by atoms with Crippen LogP contribution in [0.1, 0.15) is 19.3 Å². The SMILES string of the molecule is COc1ccccc1N1CCC(NC(=O)C2(N)CCOCC2)C1=O.Cl. The highest BCUT2D eigenvalue weighted by molar-refractivity contribution is 6.03. The number of hydrogen-bond acceptors (Lipinski definition) is 5. The average Bonchev–Trinajstić information content (AvgIpc) is 2.96. The number of para-hydroxylation sites is 2. The minimum absolute atomic E-state index is 0. The Labute approximate surface area is 153 Å². The standard InChI is InChI=1S/C17H23N3O4.ClH/c1-23-14-5-3-2-4-13(14)20-9-6-12(15(20)21)19-16(22)17(18)7-10-24-11-8-17;/h2-5,12H,6-11,18H2,1H3,(H,19,22);1H. The van der Waals surface area contributed by atoms with Gasteiger partial charge in [0.2, 0.25) is 11.8 Å². The molecule has 2 aliphatic heterocycles. The lowest BCUT2D eigenvalue weighted by molar-refractivity contribution is -0.132. The Hall–Kier alpha value is -1.83. The highest BCUT2D eigenvalue weighted by atomic mass is 35.5. The zero-order chi connectivity index (χ0) is 17.2. The lowest BCUT2D eigenvalue weighted by Gasteiger charge is -2.32. The van der Waals surface area contributed by atoms with Crippen molar-refractivity contribution in [1.29, 1.82) is 0 Å². The molecule has 0 aromatic heterocycles. The number of benzene rings is 1. The fraction of sp³-hybridized carbons (Fsp3) is 0.529. The van der Waals surface area contributed by atoms with Crippen LogP contribution in [0.5, 0.6) is 5.75 Å². The maximum absolute atomic E-state index is 12.7. The maximum Gasteiger partial charge on any atom is 0.249 e. The van der Waals surface area contributed by atoms with Gasteiger partial charge in [-0.2, -0.15) is 0 Å². The van der Waals surface area contributed by atoms with E-state index < -0.39 is 11.6 Å². The molecule has 1 unspecified atom stereocenters. The van der Waals surface area contributed by atoms with Crippen LogP contribution in [0.4, 0.5) is 5.69 Å². The van der Waals surface area contributed by atoms with E-state index in [1.807, 2.05) is 24.3 Å². The van der Waals surface area contributed by atoms with Crippen LogP contribution in [-0.2, 0) is 14.3 Å². The lowest BCUT2D eigenvalue weighted by Crippen LogP contribution is -2.59. The van der Waals surface area contributed by atoms with Gasteiger partial charge in [0.1, 0.15) is 11.8 Å². The summed E-state index contributed by atoms with van der Waals surface area (Å²) in [5.41, 5.74) is 5.95. The number of ether oxygens (including phenoxy) is 2. The Bertz CT molecular complexity index is 634. The quantitative estimate of drug-likeness (QED) is 0.820. The van der Waals surface area contributed by atoms with Gasteiger partial charge < -0.3 is 25.4 Å². The number of carbonyl (C=O) groups excluding carboxylic acids is 2. The van der Waals surface area contributed by atoms with Crippen LogP contribution in [-0.4, -0.2) is 50.3 Å². The highest BCUT2D eigenvalue weighted by Crippen LogP contribution is 2.31. The van der Waals surface area contributed by atoms with Crippen LogP contribution in [0.3, 0.4) is 0 Å². The molecule has 0 aliphatic carbocycles. The van der Waals surface area contributed by atoms with Gasteiger partial charge in [-0.1, -0.05) is 12.1 Å². The van der Waals surface area contributed by atoms with Crippen LogP contribution in [0.25, 0.3) is 0 Å². The van der Waals surface area contributed by atoms with Gasteiger partial charge in [-0.25, -0.2) is 0 Å². The third-order valence-corrected chi connectivity index (χ3v) is 4.72. The molecule has 138 valence electrons. The number of hydrogen-bond donors (Lipinski definition) is 2. The molecule has 2 saturated heterocycles. The maximum atomic E-state index is 12.7. The monoisotopic (exact) mass is 369 g/mol. The minimum Gasteiger partial charge on any atom is -0.495 e. The molecule has 0 spiro atoms. The number of halogens is 1. The van der Waals surface area contributed by atoms with Crippen LogP contribution in [0.15, 0.2) is 24.3 Å². The molecule has 1 atom stereocenters. The third-order valence-electron chi connectivity index (χ3n) is 4.72. The average molecular weight is 370 g/mol. The summed E-state index contributed by atoms with van der Waals surface area (Å²) < 4.78 is 10.6. The smallest absolute Gasteiger partial charge is 0.249 e. The van der Waals surface area contributed by atoms with E-state index in [4.69, 9.17) is 15.2 Å². The van der Waals surface area contributed by atoms with Crippen molar-refractivity contribution in [2.24, 2.45) is 5.73 Å². The second-order valence-electron chi connectivity index (χ2n) is 6.24. The van der Waals surface area contributed by atoms with Crippen molar-refractivity contribution >= 4 is 29.9 Å². The first kappa shape index (κ1) is 19.5. The van der Waals surface area contributed by atoms with Crippen molar-refractivity contribution in [1.82, 2.24) is 5.32 Å². The van der Waals surface area contributed by atoms with E-state index in [2.05, 4.69) is 5.32 Å². The molecule has 7 nitrogen and oxygen atoms in total. The Morgan fingerprint density at radius 1 is 1.36 bits per heavy atom. The molecule has 3 rings (SSSR count). The second kappa shape index (κ2) is 8.03. The minimum atomic E-state index is -0.948. The molecule has 8 heteroatoms. The summed E-state index contributed by atoms with van der Waals surface area (Å²) in [7, 11) is 1.57. The van der Waals surface area contributed by atoms with E-state index in [-0.39, 0.29) is 24.2 Å². The van der Waals surface area contributed by atoms with E-state index in [1.54, 1.807) is 12.0 Å². The van der Waals surface area contributed by atoms with E-state index in [9.17, 15) is 9.59 Å². The van der Waals surface area contributed by atoms with Crippen molar-refractivity contribution in [3.8, 4) is 5.75 Å². The molecule has 0 radical (unpaired) electrons. The number of nitrogens with one attached hydrogen (secondary N) is 1. The van der Waals surface area contributed by atoms with Crippen molar-refractivity contribution in [2.75, 3.05) is 31.8 Å². The van der Waals surface area contributed by atoms with Gasteiger partial charge in [0.25, 0.3) is 0 Å². The molecule has 2 amide bonds. The molecule has 0 saturated carbocycles. The van der Waals surface area contributed by atoms with Crippen LogP contribution in [0, 0.1) is 0 Å². The second-order valence-corrected chi connectivity index (χ2v) is 6.24. The van der Waals surface area contributed by atoms with Gasteiger partial charge in [0.15, 0.2) is 0 Å². The molecule has 0 bridgehead atoms. The lowest BCUT2D eigenvalue weighted by atomic mass is 9.90. The molecule has 1 aromatic carbocycles. The molecule has 3 N–H and O–H groups in total. The normalized spacial score (nSPS) is 22.2. The summed E-state index contributed by atoms with van der Waals surface area (Å²) >= 11 is 0. The Balaban J connectivity index is 0.00000225. The number of carbonyl (C=O) groups is 2. The van der Waals surface area contributed by atoms with Crippen molar-refractivity contribution in [2.45, 2.75) is 30.8 Å². The molecule has 2 fully saturated rings. The Kier molecular flexibility index (Phi) is 6.26. The van der Waals surface area contributed by atoms with Crippen LogP contribution >= 0.6 is 12.4 Å². The first-order valence-electron chi connectivity index (χ1n) is 8.17. The summed E-state index contributed by atoms with van der Waals surface area (Å²) in [4.78, 5) is 26.8. The summed E-state index contributed by atoms with van der Waals surface area (Å²) in [6.07, 6.45) is 1.49. The summed E-state index contributed by atoms with van der Waals surface area (Å²) in [6, 6.07) is 6.81. The third kappa shape index (κ3) is 3.89. The number of nitrogens with zero attached hydrogens (tertiary/aromatic N) is 1. The predicted octanol–water partition coefficient (Wildman–Crippen LogP) is 0.846. The van der Waals surface area contributed by atoms with E-state index in [0.29, 0.717) is 44.8 Å². The number of rotatable bonds is 4. The highest BCUT2D eigenvalue weighted by Gasteiger charge is 2.41. The first-order chi connectivity index (χ1) is 11.5. The zero-order valence-electron chi connectivity index (χ0n) is 14.2. The van der Waals surface area contributed by atoms with Crippen molar-refractivity contribution in [3.05, 3.63) is 24.3 Å². The molecular weight excluding hydrogens is 346 g/mol. The van der Waals surface area contributed by atoms with Gasteiger partial charge >= 0.3 is 0 Å². The first-order valence-corrected chi connectivity index (χ1v) is 8.17. The summed E-state index contributed by atoms with van der Waals surface area (Å²) in [5.74, 6) is 0.229. The number of amides is 2. The molecular formula is C17H24ClN3O4. The number of anilines is 1. The molecule has 2 heterocycles. The van der Waals surface area contributed by atoms with E-state index in [0.717, 1.165) is 5.69 Å². The van der Waals surface area contributed by atoms with Crippen molar-refractivity contribution < 1.29 is 19.1 Å². The number of nitrogens with two attached hydrogens (primary N) is 1. The molecule has 2 aliphatic rings. The number of methoxy groups -OCH3 is 1. The van der Waals surface area contributed by atoms with E-state index >= 15 is 0 Å². The summed E-state index contributed by atoms with van der Waals surface area (Å²) in [5, 5.41) is 2.82. The Morgan fingerprint density at radius 2 is 2.04 bits per heavy atom. The van der Waals surface area contributed by atoms with Gasteiger partial charge in [0.05, 0.1) is 18.3 Å². The molecule has 25 heavy (non-hydrogen) atoms. The zero-order valence-corrected chi connectivity index (χ0v) is 15.0. The van der Waals surface area contributed by atoms with E-state index in [1.165, 1.54) is 0 Å². The van der Waals surface area contributed by atoms with Gasteiger partial charge in [-0.3, -0.25) is 9.59 Å². The predicted molar refractivity (Wildman–Crippen MR) is 96.1 cm³/mol. The van der Waals surface area contributed by atoms with Crippen molar-refractivity contribution in [3.63, 3.8) is 0 Å². The van der Waals surface area contributed by atoms with Gasteiger partial charge in [0, 0.05) is 19.8 Å². The largest absolute Gasteiger partial charge is 0.495 e. The Morgan fingerprint density at radius 3 is 2.72 bits per heavy atom. The fourth-order valence-corrected chi connectivity index (χ4v) is 3.17. The summed E-state index contributed by atoms with van der Waals surface area (Å²) in [6.45, 7) is 1.47.